The summed E-state index contributed by atoms with van der Waals surface area (Å²) in [6.45, 7) is 15.6. The number of hydrogen-bond donors (Lipinski definition) is 0. The molecule has 0 amide bonds. The Hall–Kier alpha value is -1.57. The lowest BCUT2D eigenvalue weighted by Gasteiger charge is -2.24. The maximum atomic E-state index is 6.47. The van der Waals surface area contributed by atoms with E-state index in [1.54, 1.807) is 7.11 Å². The molecule has 0 aliphatic carbocycles. The van der Waals surface area contributed by atoms with Crippen molar-refractivity contribution in [1.82, 2.24) is 0 Å². The van der Waals surface area contributed by atoms with Crippen molar-refractivity contribution in [3.05, 3.63) is 53.1 Å². The maximum absolute atomic E-state index is 6.47. The minimum atomic E-state index is -0.0565. The highest BCUT2D eigenvalue weighted by molar-refractivity contribution is 7.26. The molecule has 0 N–H and O–H groups in total. The van der Waals surface area contributed by atoms with Crippen molar-refractivity contribution in [2.75, 3.05) is 7.11 Å². The fourth-order valence-corrected chi connectivity index (χ4v) is 3.71. The van der Waals surface area contributed by atoms with Crippen molar-refractivity contribution in [2.45, 2.75) is 66.7 Å². The molecule has 0 heterocycles. The summed E-state index contributed by atoms with van der Waals surface area (Å²) in [5.41, 5.74) is 3.79. The van der Waals surface area contributed by atoms with Gasteiger partial charge in [0.25, 0.3) is 0 Å². The third kappa shape index (κ3) is 7.32. The number of benzene rings is 2. The fourth-order valence-electron chi connectivity index (χ4n) is 3.37. The first-order chi connectivity index (χ1) is 13.6. The Morgan fingerprint density at radius 3 is 1.86 bits per heavy atom. The summed E-state index contributed by atoms with van der Waals surface area (Å²) in [6.07, 6.45) is 2.07. The lowest BCUT2D eigenvalue weighted by atomic mass is 9.84. The largest absolute Gasteiger partial charge is 0.453 e. The predicted molar refractivity (Wildman–Crippen MR) is 125 cm³/mol. The second-order valence-corrected chi connectivity index (χ2v) is 10.3. The fraction of sp³-hybridized carbons (Fsp3) is 0.520. The van der Waals surface area contributed by atoms with Crippen LogP contribution in [0.25, 0.3) is 0 Å². The van der Waals surface area contributed by atoms with E-state index in [9.17, 15) is 0 Å². The van der Waals surface area contributed by atoms with E-state index >= 15 is 0 Å². The quantitative estimate of drug-likeness (QED) is 0.392. The lowest BCUT2D eigenvalue weighted by molar-refractivity contribution is 0.398. The highest BCUT2D eigenvalue weighted by Crippen LogP contribution is 2.40. The minimum absolute atomic E-state index is 0.0207. The Labute approximate surface area is 179 Å². The highest BCUT2D eigenvalue weighted by Gasteiger charge is 2.21. The molecule has 0 radical (unpaired) electrons. The van der Waals surface area contributed by atoms with Crippen molar-refractivity contribution in [3.63, 3.8) is 0 Å². The Morgan fingerprint density at radius 1 is 0.793 bits per heavy atom. The van der Waals surface area contributed by atoms with Gasteiger partial charge in [0.1, 0.15) is 5.75 Å². The van der Waals surface area contributed by atoms with E-state index in [0.29, 0.717) is 17.6 Å². The van der Waals surface area contributed by atoms with Crippen LogP contribution >= 0.6 is 9.03 Å². The zero-order valence-electron chi connectivity index (χ0n) is 19.3. The van der Waals surface area contributed by atoms with Gasteiger partial charge in [0.05, 0.1) is 0 Å². The van der Waals surface area contributed by atoms with Crippen molar-refractivity contribution >= 4 is 9.03 Å². The first-order valence-electron chi connectivity index (χ1n) is 10.5. The molecule has 1 unspecified atom stereocenters. The van der Waals surface area contributed by atoms with Crippen LogP contribution in [-0.2, 0) is 22.8 Å². The second-order valence-electron chi connectivity index (χ2n) is 9.55. The van der Waals surface area contributed by atoms with E-state index in [-0.39, 0.29) is 14.4 Å². The third-order valence-electron chi connectivity index (χ3n) is 4.60. The van der Waals surface area contributed by atoms with Gasteiger partial charge in [0, 0.05) is 12.7 Å². The van der Waals surface area contributed by atoms with Crippen LogP contribution in [0.5, 0.6) is 17.2 Å². The van der Waals surface area contributed by atoms with Crippen LogP contribution in [0.1, 0.15) is 65.2 Å². The van der Waals surface area contributed by atoms with Gasteiger partial charge in [-0.25, -0.2) is 0 Å². The van der Waals surface area contributed by atoms with E-state index in [1.165, 1.54) is 16.7 Å². The number of ether oxygens (including phenoxy) is 1. The van der Waals surface area contributed by atoms with E-state index in [2.05, 4.69) is 78.8 Å². The van der Waals surface area contributed by atoms with Crippen molar-refractivity contribution in [2.24, 2.45) is 11.8 Å². The molecule has 0 aliphatic rings. The molecule has 4 heteroatoms. The number of rotatable bonds is 9. The van der Waals surface area contributed by atoms with Gasteiger partial charge in [-0.05, 0) is 59.4 Å². The summed E-state index contributed by atoms with van der Waals surface area (Å²) >= 11 is 0. The molecular weight excluding hydrogens is 379 g/mol. The molecule has 160 valence electrons. The molecule has 1 atom stereocenters. The summed E-state index contributed by atoms with van der Waals surface area (Å²) in [7, 11) is 1.58. The van der Waals surface area contributed by atoms with Gasteiger partial charge in [-0.15, -0.1) is 0 Å². The molecule has 3 nitrogen and oxygen atoms in total. The highest BCUT2D eigenvalue weighted by atomic mass is 31.1. The van der Waals surface area contributed by atoms with Gasteiger partial charge in [-0.3, -0.25) is 0 Å². The standard InChI is InChI=1S/C25H37O3P/c1-17(2)13-19-9-11-22(21(15-19)25(5,6)7)27-24-16-20(14-18(3)4)10-12-23(24)28-29-26-8/h9-12,15-18,29H,13-14H2,1-8H3. The first kappa shape index (κ1) is 23.7. The zero-order chi connectivity index (χ0) is 21.6. The summed E-state index contributed by atoms with van der Waals surface area (Å²) < 4.78 is 17.4. The summed E-state index contributed by atoms with van der Waals surface area (Å²) in [5, 5.41) is 0. The van der Waals surface area contributed by atoms with Crippen LogP contribution in [0, 0.1) is 11.8 Å². The van der Waals surface area contributed by atoms with E-state index in [1.807, 2.05) is 6.07 Å². The monoisotopic (exact) mass is 416 g/mol. The molecule has 0 bridgehead atoms. The van der Waals surface area contributed by atoms with Crippen LogP contribution in [0.4, 0.5) is 0 Å². The third-order valence-corrected chi connectivity index (χ3v) is 5.07. The summed E-state index contributed by atoms with van der Waals surface area (Å²) in [5.74, 6) is 3.55. The SMILES string of the molecule is COPOc1ccc(CC(C)C)cc1Oc1ccc(CC(C)C)cc1C(C)(C)C. The van der Waals surface area contributed by atoms with E-state index in [0.717, 1.165) is 24.3 Å². The first-order valence-corrected chi connectivity index (χ1v) is 11.3. The average Bonchev–Trinajstić information content (AvgIpc) is 2.60. The normalized spacial score (nSPS) is 12.3. The molecule has 2 aromatic carbocycles. The van der Waals surface area contributed by atoms with Crippen LogP contribution in [-0.4, -0.2) is 7.11 Å². The molecule has 0 spiro atoms. The van der Waals surface area contributed by atoms with Crippen LogP contribution in [0.15, 0.2) is 36.4 Å². The van der Waals surface area contributed by atoms with Gasteiger partial charge in [-0.2, -0.15) is 0 Å². The van der Waals surface area contributed by atoms with E-state index in [4.69, 9.17) is 13.8 Å². The Bertz CT molecular complexity index is 791. The maximum Gasteiger partial charge on any atom is 0.215 e. The van der Waals surface area contributed by atoms with Crippen LogP contribution in [0.3, 0.4) is 0 Å². The molecule has 0 aromatic heterocycles. The molecule has 0 saturated carbocycles. The Kier molecular flexibility index (Phi) is 8.55. The average molecular weight is 417 g/mol. The zero-order valence-corrected chi connectivity index (χ0v) is 20.3. The molecule has 0 fully saturated rings. The smallest absolute Gasteiger partial charge is 0.215 e. The van der Waals surface area contributed by atoms with Crippen LogP contribution < -0.4 is 9.26 Å². The van der Waals surface area contributed by atoms with Gasteiger partial charge >= 0.3 is 0 Å². The molecule has 0 aliphatic heterocycles. The number of hydrogen-bond acceptors (Lipinski definition) is 3. The molecule has 2 aromatic rings. The molecule has 2 rings (SSSR count). The molecule has 0 saturated heterocycles. The van der Waals surface area contributed by atoms with Gasteiger partial charge in [0.15, 0.2) is 11.5 Å². The van der Waals surface area contributed by atoms with Crippen molar-refractivity contribution in [1.29, 1.82) is 0 Å². The summed E-state index contributed by atoms with van der Waals surface area (Å²) in [4.78, 5) is 0. The Balaban J connectivity index is 2.44. The lowest BCUT2D eigenvalue weighted by Crippen LogP contribution is -2.13. The van der Waals surface area contributed by atoms with Gasteiger partial charge < -0.3 is 13.8 Å². The molecular formula is C25H37O3P. The van der Waals surface area contributed by atoms with Gasteiger partial charge in [-0.1, -0.05) is 66.7 Å². The summed E-state index contributed by atoms with van der Waals surface area (Å²) in [6, 6.07) is 12.8. The topological polar surface area (TPSA) is 27.7 Å². The Morgan fingerprint density at radius 2 is 1.34 bits per heavy atom. The van der Waals surface area contributed by atoms with E-state index < -0.39 is 0 Å². The van der Waals surface area contributed by atoms with Crippen molar-refractivity contribution in [3.8, 4) is 17.2 Å². The van der Waals surface area contributed by atoms with Crippen LogP contribution in [0.2, 0.25) is 0 Å². The van der Waals surface area contributed by atoms with Gasteiger partial charge in [0.2, 0.25) is 9.03 Å². The predicted octanol–water partition coefficient (Wildman–Crippen LogP) is 7.71. The second kappa shape index (κ2) is 10.5. The minimum Gasteiger partial charge on any atom is -0.453 e. The van der Waals surface area contributed by atoms with Crippen molar-refractivity contribution < 1.29 is 13.8 Å². The molecule has 29 heavy (non-hydrogen) atoms.